The van der Waals surface area contributed by atoms with Crippen LogP contribution in [0.15, 0.2) is 36.7 Å². The molecule has 8 heteroatoms. The standard InChI is InChI=1S/C15H14F3N3O2/c1-21-8-9(7-19-21)10-6-11(10)14(22)20-12-4-2-3-5-13(12)23-15(16,17)18/h2-5,7-8,10-11H,6H2,1H3,(H,20,22). The minimum Gasteiger partial charge on any atom is -0.404 e. The van der Waals surface area contributed by atoms with E-state index < -0.39 is 12.1 Å². The topological polar surface area (TPSA) is 56.2 Å². The smallest absolute Gasteiger partial charge is 0.404 e. The normalized spacial score (nSPS) is 20.2. The first-order valence-corrected chi connectivity index (χ1v) is 6.97. The van der Waals surface area contributed by atoms with Gasteiger partial charge in [-0.3, -0.25) is 9.48 Å². The molecule has 0 radical (unpaired) electrons. The summed E-state index contributed by atoms with van der Waals surface area (Å²) >= 11 is 0. The zero-order valence-electron chi connectivity index (χ0n) is 12.2. The van der Waals surface area contributed by atoms with E-state index in [4.69, 9.17) is 0 Å². The van der Waals surface area contributed by atoms with Crippen LogP contribution in [-0.2, 0) is 11.8 Å². The quantitative estimate of drug-likeness (QED) is 0.940. The van der Waals surface area contributed by atoms with Crippen LogP contribution < -0.4 is 10.1 Å². The number of carbonyl (C=O) groups excluding carboxylic acids is 1. The van der Waals surface area contributed by atoms with Crippen molar-refractivity contribution >= 4 is 11.6 Å². The number of hydrogen-bond donors (Lipinski definition) is 1. The molecule has 2 aromatic rings. The van der Waals surface area contributed by atoms with Gasteiger partial charge < -0.3 is 10.1 Å². The number of amides is 1. The SMILES string of the molecule is Cn1cc(C2CC2C(=O)Nc2ccccc2OC(F)(F)F)cn1. The number of anilines is 1. The van der Waals surface area contributed by atoms with E-state index in [0.717, 1.165) is 11.6 Å². The van der Waals surface area contributed by atoms with E-state index in [9.17, 15) is 18.0 Å². The molecule has 0 bridgehead atoms. The van der Waals surface area contributed by atoms with Crippen molar-refractivity contribution in [2.24, 2.45) is 13.0 Å². The van der Waals surface area contributed by atoms with Gasteiger partial charge in [0, 0.05) is 19.2 Å². The summed E-state index contributed by atoms with van der Waals surface area (Å²) in [5, 5.41) is 6.56. The van der Waals surface area contributed by atoms with E-state index in [0.29, 0.717) is 6.42 Å². The number of carbonyl (C=O) groups is 1. The highest BCUT2D eigenvalue weighted by Crippen LogP contribution is 2.48. The van der Waals surface area contributed by atoms with Gasteiger partial charge in [0.2, 0.25) is 5.91 Å². The van der Waals surface area contributed by atoms with E-state index >= 15 is 0 Å². The maximum Gasteiger partial charge on any atom is 0.573 e. The van der Waals surface area contributed by atoms with E-state index in [1.165, 1.54) is 18.2 Å². The lowest BCUT2D eigenvalue weighted by Crippen LogP contribution is -2.20. The number of benzene rings is 1. The second kappa shape index (κ2) is 5.60. The fourth-order valence-electron chi connectivity index (χ4n) is 2.49. The Morgan fingerprint density at radius 1 is 1.39 bits per heavy atom. The molecule has 0 saturated heterocycles. The lowest BCUT2D eigenvalue weighted by Gasteiger charge is -2.13. The van der Waals surface area contributed by atoms with Gasteiger partial charge in [0.15, 0.2) is 5.75 Å². The van der Waals surface area contributed by atoms with Crippen LogP contribution in [0, 0.1) is 5.92 Å². The van der Waals surface area contributed by atoms with Gasteiger partial charge in [-0.2, -0.15) is 5.10 Å². The van der Waals surface area contributed by atoms with Crippen molar-refractivity contribution in [1.82, 2.24) is 9.78 Å². The molecule has 2 unspecified atom stereocenters. The van der Waals surface area contributed by atoms with Crippen LogP contribution in [0.25, 0.3) is 0 Å². The molecule has 1 aliphatic carbocycles. The predicted molar refractivity (Wildman–Crippen MR) is 75.8 cm³/mol. The van der Waals surface area contributed by atoms with Crippen molar-refractivity contribution in [3.05, 3.63) is 42.2 Å². The van der Waals surface area contributed by atoms with Crippen molar-refractivity contribution in [1.29, 1.82) is 0 Å². The largest absolute Gasteiger partial charge is 0.573 e. The molecule has 1 fully saturated rings. The second-order valence-corrected chi connectivity index (χ2v) is 5.43. The molecule has 2 atom stereocenters. The maximum atomic E-state index is 12.4. The molecule has 1 aromatic carbocycles. The van der Waals surface area contributed by atoms with Gasteiger partial charge in [-0.25, -0.2) is 0 Å². The predicted octanol–water partition coefficient (Wildman–Crippen LogP) is 3.06. The Morgan fingerprint density at radius 3 is 2.78 bits per heavy atom. The molecule has 5 nitrogen and oxygen atoms in total. The van der Waals surface area contributed by atoms with Crippen molar-refractivity contribution in [2.75, 3.05) is 5.32 Å². The molecular weight excluding hydrogens is 311 g/mol. The van der Waals surface area contributed by atoms with Gasteiger partial charge in [-0.05, 0) is 30.0 Å². The lowest BCUT2D eigenvalue weighted by molar-refractivity contribution is -0.274. The van der Waals surface area contributed by atoms with Crippen molar-refractivity contribution < 1.29 is 22.7 Å². The Morgan fingerprint density at radius 2 is 2.13 bits per heavy atom. The Labute approximate surface area is 130 Å². The highest BCUT2D eigenvalue weighted by atomic mass is 19.4. The number of rotatable bonds is 4. The number of ether oxygens (including phenoxy) is 1. The Hall–Kier alpha value is -2.51. The fraction of sp³-hybridized carbons (Fsp3) is 0.333. The third kappa shape index (κ3) is 3.64. The number of para-hydroxylation sites is 2. The van der Waals surface area contributed by atoms with Gasteiger partial charge in [-0.1, -0.05) is 12.1 Å². The van der Waals surface area contributed by atoms with Crippen LogP contribution in [0.3, 0.4) is 0 Å². The third-order valence-electron chi connectivity index (χ3n) is 3.65. The summed E-state index contributed by atoms with van der Waals surface area (Å²) < 4.78 is 42.7. The summed E-state index contributed by atoms with van der Waals surface area (Å²) in [5.74, 6) is -0.957. The summed E-state index contributed by atoms with van der Waals surface area (Å²) in [7, 11) is 1.78. The summed E-state index contributed by atoms with van der Waals surface area (Å²) in [4.78, 5) is 12.2. The van der Waals surface area contributed by atoms with E-state index in [-0.39, 0.29) is 23.4 Å². The minimum absolute atomic E-state index is 0.00617. The zero-order chi connectivity index (χ0) is 16.6. The highest BCUT2D eigenvalue weighted by molar-refractivity contribution is 5.96. The summed E-state index contributed by atoms with van der Waals surface area (Å²) in [6, 6.07) is 5.48. The molecule has 1 aliphatic rings. The van der Waals surface area contributed by atoms with Crippen LogP contribution in [0.4, 0.5) is 18.9 Å². The zero-order valence-corrected chi connectivity index (χ0v) is 12.2. The molecule has 1 amide bonds. The third-order valence-corrected chi connectivity index (χ3v) is 3.65. The Kier molecular flexibility index (Phi) is 3.75. The van der Waals surface area contributed by atoms with Gasteiger partial charge in [0.25, 0.3) is 0 Å². The molecule has 1 N–H and O–H groups in total. The summed E-state index contributed by atoms with van der Waals surface area (Å²) in [5.41, 5.74) is 0.958. The van der Waals surface area contributed by atoms with Crippen LogP contribution in [0.5, 0.6) is 5.75 Å². The molecule has 122 valence electrons. The first-order valence-electron chi connectivity index (χ1n) is 6.97. The fourth-order valence-corrected chi connectivity index (χ4v) is 2.49. The Bertz CT molecular complexity index is 727. The number of halogens is 3. The molecule has 1 heterocycles. The van der Waals surface area contributed by atoms with Gasteiger partial charge in [0.05, 0.1) is 11.9 Å². The van der Waals surface area contributed by atoms with E-state index in [1.807, 2.05) is 6.20 Å². The average Bonchev–Trinajstić information content (AvgIpc) is 3.15. The molecule has 23 heavy (non-hydrogen) atoms. The van der Waals surface area contributed by atoms with Gasteiger partial charge >= 0.3 is 6.36 Å². The number of nitrogens with one attached hydrogen (secondary N) is 1. The van der Waals surface area contributed by atoms with E-state index in [1.54, 1.807) is 17.9 Å². The van der Waals surface area contributed by atoms with Crippen molar-refractivity contribution in [2.45, 2.75) is 18.7 Å². The number of aryl methyl sites for hydroxylation is 1. The molecule has 0 spiro atoms. The molecule has 1 saturated carbocycles. The second-order valence-electron chi connectivity index (χ2n) is 5.43. The van der Waals surface area contributed by atoms with Crippen LogP contribution in [0.2, 0.25) is 0 Å². The molecule has 0 aliphatic heterocycles. The number of aromatic nitrogens is 2. The lowest BCUT2D eigenvalue weighted by atomic mass is 10.2. The van der Waals surface area contributed by atoms with E-state index in [2.05, 4.69) is 15.2 Å². The van der Waals surface area contributed by atoms with Crippen molar-refractivity contribution in [3.8, 4) is 5.75 Å². The highest BCUT2D eigenvalue weighted by Gasteiger charge is 2.45. The summed E-state index contributed by atoms with van der Waals surface area (Å²) in [6.07, 6.45) is -0.629. The number of hydrogen-bond acceptors (Lipinski definition) is 3. The minimum atomic E-state index is -4.81. The van der Waals surface area contributed by atoms with Crippen LogP contribution in [0.1, 0.15) is 17.9 Å². The van der Waals surface area contributed by atoms with Gasteiger partial charge in [-0.15, -0.1) is 13.2 Å². The molecule has 3 rings (SSSR count). The van der Waals surface area contributed by atoms with Crippen LogP contribution in [-0.4, -0.2) is 22.1 Å². The Balaban J connectivity index is 1.67. The number of nitrogens with zero attached hydrogens (tertiary/aromatic N) is 2. The van der Waals surface area contributed by atoms with Crippen molar-refractivity contribution in [3.63, 3.8) is 0 Å². The number of alkyl halides is 3. The molecular formula is C15H14F3N3O2. The van der Waals surface area contributed by atoms with Gasteiger partial charge in [0.1, 0.15) is 0 Å². The monoisotopic (exact) mass is 325 g/mol. The maximum absolute atomic E-state index is 12.4. The molecule has 1 aromatic heterocycles. The average molecular weight is 325 g/mol. The summed E-state index contributed by atoms with van der Waals surface area (Å²) in [6.45, 7) is 0. The van der Waals surface area contributed by atoms with Crippen LogP contribution >= 0.6 is 0 Å². The first-order chi connectivity index (χ1) is 10.8. The first kappa shape index (κ1) is 15.4.